The van der Waals surface area contributed by atoms with Crippen LogP contribution in [0.15, 0.2) is 16.6 Å². The highest BCUT2D eigenvalue weighted by molar-refractivity contribution is 9.10. The highest BCUT2D eigenvalue weighted by atomic mass is 79.9. The summed E-state index contributed by atoms with van der Waals surface area (Å²) in [7, 11) is 0. The minimum atomic E-state index is -0.288. The molecule has 6 heteroatoms. The largest absolute Gasteiger partial charge is 0.381 e. The van der Waals surface area contributed by atoms with E-state index in [2.05, 4.69) is 27.8 Å². The number of hydrogen-bond acceptors (Lipinski definition) is 2. The third kappa shape index (κ3) is 4.18. The zero-order valence-electron chi connectivity index (χ0n) is 12.0. The lowest BCUT2D eigenvalue weighted by molar-refractivity contribution is 0.126. The van der Waals surface area contributed by atoms with E-state index in [1.165, 1.54) is 6.07 Å². The average molecular weight is 378 g/mol. The fourth-order valence-electron chi connectivity index (χ4n) is 2.19. The van der Waals surface area contributed by atoms with Crippen LogP contribution in [-0.2, 0) is 17.2 Å². The number of unbranched alkanes of at least 4 members (excludes halogenated alkanes) is 1. The maximum atomic E-state index is 13.7. The minimum absolute atomic E-state index is 0.288. The number of fused-ring (bicyclic) bond motifs is 1. The summed E-state index contributed by atoms with van der Waals surface area (Å²) in [5.74, 6) is 0.784. The number of benzene rings is 1. The van der Waals surface area contributed by atoms with Gasteiger partial charge in [0, 0.05) is 25.8 Å². The predicted octanol–water partition coefficient (Wildman–Crippen LogP) is 4.88. The SMILES string of the molecule is CCCCOCCCn1c(CCl)nc2cc(Br)c(F)cc21. The zero-order chi connectivity index (χ0) is 15.2. The van der Waals surface area contributed by atoms with Crippen LogP contribution in [0.1, 0.15) is 32.0 Å². The van der Waals surface area contributed by atoms with E-state index in [1.807, 2.05) is 4.57 Å². The summed E-state index contributed by atoms with van der Waals surface area (Å²) < 4.78 is 21.7. The number of alkyl halides is 1. The Labute approximate surface area is 137 Å². The molecule has 116 valence electrons. The highest BCUT2D eigenvalue weighted by Crippen LogP contribution is 2.25. The number of ether oxygens (including phenoxy) is 1. The number of rotatable bonds is 8. The second-order valence-electron chi connectivity index (χ2n) is 4.89. The third-order valence-electron chi connectivity index (χ3n) is 3.30. The Morgan fingerprint density at radius 1 is 1.33 bits per heavy atom. The molecule has 1 aromatic carbocycles. The van der Waals surface area contributed by atoms with Gasteiger partial charge in [-0.05, 0) is 34.8 Å². The summed E-state index contributed by atoms with van der Waals surface area (Å²) >= 11 is 9.13. The molecular formula is C15H19BrClFN2O. The Kier molecular flexibility index (Phi) is 6.45. The first-order chi connectivity index (χ1) is 10.2. The summed E-state index contributed by atoms with van der Waals surface area (Å²) in [4.78, 5) is 4.45. The second-order valence-corrected chi connectivity index (χ2v) is 6.01. The molecule has 0 spiro atoms. The number of imidazole rings is 1. The van der Waals surface area contributed by atoms with Crippen molar-refractivity contribution in [3.8, 4) is 0 Å². The van der Waals surface area contributed by atoms with Gasteiger partial charge in [-0.25, -0.2) is 9.37 Å². The normalized spacial score (nSPS) is 11.4. The Balaban J connectivity index is 2.08. The van der Waals surface area contributed by atoms with Crippen LogP contribution in [0.2, 0.25) is 0 Å². The van der Waals surface area contributed by atoms with E-state index in [1.54, 1.807) is 6.07 Å². The molecular weight excluding hydrogens is 359 g/mol. The second kappa shape index (κ2) is 8.11. The molecule has 0 atom stereocenters. The van der Waals surface area contributed by atoms with Gasteiger partial charge in [-0.1, -0.05) is 13.3 Å². The molecule has 0 aliphatic heterocycles. The van der Waals surface area contributed by atoms with Crippen molar-refractivity contribution in [2.45, 2.75) is 38.6 Å². The van der Waals surface area contributed by atoms with Gasteiger partial charge in [-0.15, -0.1) is 11.6 Å². The smallest absolute Gasteiger partial charge is 0.139 e. The topological polar surface area (TPSA) is 27.1 Å². The lowest BCUT2D eigenvalue weighted by Gasteiger charge is -2.08. The first-order valence-electron chi connectivity index (χ1n) is 7.15. The Morgan fingerprint density at radius 3 is 2.81 bits per heavy atom. The van der Waals surface area contributed by atoms with Gasteiger partial charge in [0.15, 0.2) is 0 Å². The molecule has 0 aliphatic rings. The molecule has 2 rings (SSSR count). The van der Waals surface area contributed by atoms with Gasteiger partial charge in [-0.2, -0.15) is 0 Å². The molecule has 0 bridgehead atoms. The summed E-state index contributed by atoms with van der Waals surface area (Å²) in [5, 5.41) is 0. The van der Waals surface area contributed by atoms with Crippen LogP contribution in [0.4, 0.5) is 4.39 Å². The van der Waals surface area contributed by atoms with E-state index >= 15 is 0 Å². The van der Waals surface area contributed by atoms with Crippen molar-refractivity contribution >= 4 is 38.6 Å². The van der Waals surface area contributed by atoms with Gasteiger partial charge in [0.1, 0.15) is 11.6 Å². The van der Waals surface area contributed by atoms with Crippen molar-refractivity contribution in [1.29, 1.82) is 0 Å². The van der Waals surface area contributed by atoms with Crippen molar-refractivity contribution in [3.63, 3.8) is 0 Å². The maximum absolute atomic E-state index is 13.7. The van der Waals surface area contributed by atoms with Crippen LogP contribution in [0.25, 0.3) is 11.0 Å². The third-order valence-corrected chi connectivity index (χ3v) is 4.15. The Hall–Kier alpha value is -0.650. The highest BCUT2D eigenvalue weighted by Gasteiger charge is 2.12. The fraction of sp³-hybridized carbons (Fsp3) is 0.533. The van der Waals surface area contributed by atoms with Crippen LogP contribution in [-0.4, -0.2) is 22.8 Å². The molecule has 0 N–H and O–H groups in total. The van der Waals surface area contributed by atoms with E-state index in [4.69, 9.17) is 16.3 Å². The monoisotopic (exact) mass is 376 g/mol. The summed E-state index contributed by atoms with van der Waals surface area (Å²) in [5.41, 5.74) is 1.53. The van der Waals surface area contributed by atoms with Crippen LogP contribution < -0.4 is 0 Å². The molecule has 1 aromatic heterocycles. The molecule has 0 saturated heterocycles. The molecule has 0 fully saturated rings. The lowest BCUT2D eigenvalue weighted by Crippen LogP contribution is -2.06. The lowest BCUT2D eigenvalue weighted by atomic mass is 10.3. The van der Waals surface area contributed by atoms with E-state index in [0.29, 0.717) is 17.0 Å². The first kappa shape index (κ1) is 16.7. The van der Waals surface area contributed by atoms with Crippen molar-refractivity contribution in [1.82, 2.24) is 9.55 Å². The van der Waals surface area contributed by atoms with E-state index < -0.39 is 0 Å². The van der Waals surface area contributed by atoms with Crippen LogP contribution in [0.5, 0.6) is 0 Å². The number of hydrogen-bond donors (Lipinski definition) is 0. The molecule has 0 aliphatic carbocycles. The molecule has 21 heavy (non-hydrogen) atoms. The first-order valence-corrected chi connectivity index (χ1v) is 8.48. The molecule has 0 saturated carbocycles. The van der Waals surface area contributed by atoms with Crippen molar-refractivity contribution < 1.29 is 9.13 Å². The molecule has 3 nitrogen and oxygen atoms in total. The van der Waals surface area contributed by atoms with Crippen LogP contribution >= 0.6 is 27.5 Å². The summed E-state index contributed by atoms with van der Waals surface area (Å²) in [6.07, 6.45) is 3.08. The number of halogens is 3. The van der Waals surface area contributed by atoms with Gasteiger partial charge >= 0.3 is 0 Å². The van der Waals surface area contributed by atoms with Crippen LogP contribution in [0, 0.1) is 5.82 Å². The maximum Gasteiger partial charge on any atom is 0.139 e. The van der Waals surface area contributed by atoms with E-state index in [9.17, 15) is 4.39 Å². The molecule has 0 radical (unpaired) electrons. The molecule has 0 unspecified atom stereocenters. The minimum Gasteiger partial charge on any atom is -0.381 e. The molecule has 2 aromatic rings. The predicted molar refractivity (Wildman–Crippen MR) is 87.3 cm³/mol. The molecule has 0 amide bonds. The standard InChI is InChI=1S/C15H19BrClFN2O/c1-2-3-6-21-7-4-5-20-14-9-12(18)11(16)8-13(14)19-15(20)10-17/h8-9H,2-7,10H2,1H3. The van der Waals surface area contributed by atoms with Gasteiger partial charge in [0.05, 0.1) is 21.4 Å². The van der Waals surface area contributed by atoms with Crippen molar-refractivity contribution in [3.05, 3.63) is 28.2 Å². The Morgan fingerprint density at radius 2 is 2.10 bits per heavy atom. The van der Waals surface area contributed by atoms with E-state index in [0.717, 1.165) is 49.3 Å². The van der Waals surface area contributed by atoms with Crippen molar-refractivity contribution in [2.75, 3.05) is 13.2 Å². The Bertz CT molecular complexity index is 603. The van der Waals surface area contributed by atoms with E-state index in [-0.39, 0.29) is 5.82 Å². The quantitative estimate of drug-likeness (QED) is 0.484. The number of aryl methyl sites for hydroxylation is 1. The average Bonchev–Trinajstić information content (AvgIpc) is 2.80. The van der Waals surface area contributed by atoms with Gasteiger partial charge < -0.3 is 9.30 Å². The van der Waals surface area contributed by atoms with Crippen molar-refractivity contribution in [2.24, 2.45) is 0 Å². The molecule has 1 heterocycles. The van der Waals surface area contributed by atoms with Gasteiger partial charge in [-0.3, -0.25) is 0 Å². The van der Waals surface area contributed by atoms with Gasteiger partial charge in [0.2, 0.25) is 0 Å². The van der Waals surface area contributed by atoms with Gasteiger partial charge in [0.25, 0.3) is 0 Å². The number of aromatic nitrogens is 2. The summed E-state index contributed by atoms with van der Waals surface area (Å²) in [6.45, 7) is 4.36. The number of nitrogens with zero attached hydrogens (tertiary/aromatic N) is 2. The summed E-state index contributed by atoms with van der Waals surface area (Å²) in [6, 6.07) is 3.19. The zero-order valence-corrected chi connectivity index (χ0v) is 14.4. The fourth-order valence-corrected chi connectivity index (χ4v) is 2.73. The van der Waals surface area contributed by atoms with Crippen LogP contribution in [0.3, 0.4) is 0 Å².